The molecule has 0 saturated heterocycles. The Bertz CT molecular complexity index is 401. The number of hydrogen-bond donors (Lipinski definition) is 0. The van der Waals surface area contributed by atoms with Crippen LogP contribution in [-0.2, 0) is 0 Å². The van der Waals surface area contributed by atoms with Gasteiger partial charge >= 0.3 is 0 Å². The molecule has 0 amide bonds. The van der Waals surface area contributed by atoms with E-state index in [-0.39, 0.29) is 0 Å². The maximum Gasteiger partial charge on any atom is 0.137 e. The van der Waals surface area contributed by atoms with Crippen LogP contribution in [-0.4, -0.2) is 6.61 Å². The van der Waals surface area contributed by atoms with Crippen LogP contribution in [0.2, 0.25) is 0 Å². The molecule has 0 radical (unpaired) electrons. The second-order valence-corrected chi connectivity index (χ2v) is 3.67. The number of ether oxygens (including phenoxy) is 1. The number of benzene rings is 1. The molecule has 0 aliphatic carbocycles. The smallest absolute Gasteiger partial charge is 0.137 e. The Balaban J connectivity index is 2.71. The lowest BCUT2D eigenvalue weighted by Crippen LogP contribution is -1.99. The quantitative estimate of drug-likeness (QED) is 0.701. The second kappa shape index (κ2) is 5.21. The van der Waals surface area contributed by atoms with Crippen molar-refractivity contribution in [3.05, 3.63) is 41.5 Å². The zero-order chi connectivity index (χ0) is 11.3. The van der Waals surface area contributed by atoms with Crippen LogP contribution < -0.4 is 4.74 Å². The summed E-state index contributed by atoms with van der Waals surface area (Å²) in [5.41, 5.74) is 2.77. The first-order valence-electron chi connectivity index (χ1n) is 4.91. The van der Waals surface area contributed by atoms with Gasteiger partial charge in [-0.3, -0.25) is 0 Å². The SMILES string of the molecule is C=C(C)CCOc1cc(C)ccc1C#N. The van der Waals surface area contributed by atoms with Crippen molar-refractivity contribution in [3.63, 3.8) is 0 Å². The predicted octanol–water partition coefficient (Wildman–Crippen LogP) is 3.21. The van der Waals surface area contributed by atoms with E-state index in [4.69, 9.17) is 10.00 Å². The molecule has 0 N–H and O–H groups in total. The molecule has 1 aromatic carbocycles. The summed E-state index contributed by atoms with van der Waals surface area (Å²) in [5.74, 6) is 0.666. The maximum absolute atomic E-state index is 8.87. The Morgan fingerprint density at radius 2 is 2.27 bits per heavy atom. The highest BCUT2D eigenvalue weighted by atomic mass is 16.5. The van der Waals surface area contributed by atoms with Crippen LogP contribution >= 0.6 is 0 Å². The monoisotopic (exact) mass is 201 g/mol. The van der Waals surface area contributed by atoms with E-state index >= 15 is 0 Å². The van der Waals surface area contributed by atoms with Crippen molar-refractivity contribution in [2.24, 2.45) is 0 Å². The zero-order valence-electron chi connectivity index (χ0n) is 9.21. The third-order valence-corrected chi connectivity index (χ3v) is 2.04. The summed E-state index contributed by atoms with van der Waals surface area (Å²) in [6, 6.07) is 7.69. The average Bonchev–Trinajstić information content (AvgIpc) is 2.17. The summed E-state index contributed by atoms with van der Waals surface area (Å²) in [6.07, 6.45) is 0.818. The van der Waals surface area contributed by atoms with Crippen molar-refractivity contribution < 1.29 is 4.74 Å². The van der Waals surface area contributed by atoms with Gasteiger partial charge in [-0.1, -0.05) is 11.6 Å². The van der Waals surface area contributed by atoms with Gasteiger partial charge in [0.05, 0.1) is 12.2 Å². The Morgan fingerprint density at radius 1 is 1.53 bits per heavy atom. The van der Waals surface area contributed by atoms with Crippen LogP contribution in [0.4, 0.5) is 0 Å². The molecule has 2 nitrogen and oxygen atoms in total. The minimum Gasteiger partial charge on any atom is -0.492 e. The Morgan fingerprint density at radius 3 is 2.87 bits per heavy atom. The molecule has 0 spiro atoms. The molecule has 2 heteroatoms. The summed E-state index contributed by atoms with van der Waals surface area (Å²) < 4.78 is 5.54. The number of aryl methyl sites for hydroxylation is 1. The van der Waals surface area contributed by atoms with E-state index in [1.807, 2.05) is 26.0 Å². The van der Waals surface area contributed by atoms with Crippen LogP contribution in [0.3, 0.4) is 0 Å². The van der Waals surface area contributed by atoms with E-state index in [0.29, 0.717) is 17.9 Å². The first kappa shape index (κ1) is 11.3. The van der Waals surface area contributed by atoms with Crippen molar-refractivity contribution in [2.45, 2.75) is 20.3 Å². The van der Waals surface area contributed by atoms with Gasteiger partial charge < -0.3 is 4.74 Å². The molecule has 15 heavy (non-hydrogen) atoms. The summed E-state index contributed by atoms with van der Waals surface area (Å²) in [5, 5.41) is 8.87. The Labute approximate surface area is 90.8 Å². The summed E-state index contributed by atoms with van der Waals surface area (Å²) in [4.78, 5) is 0. The third-order valence-electron chi connectivity index (χ3n) is 2.04. The van der Waals surface area contributed by atoms with Gasteiger partial charge in [-0.2, -0.15) is 5.26 Å². The van der Waals surface area contributed by atoms with Crippen molar-refractivity contribution >= 4 is 0 Å². The van der Waals surface area contributed by atoms with Crippen LogP contribution in [0.5, 0.6) is 5.75 Å². The van der Waals surface area contributed by atoms with Gasteiger partial charge in [-0.25, -0.2) is 0 Å². The number of nitrogens with zero attached hydrogens (tertiary/aromatic N) is 1. The fraction of sp³-hybridized carbons (Fsp3) is 0.308. The summed E-state index contributed by atoms with van der Waals surface area (Å²) in [6.45, 7) is 8.32. The molecule has 78 valence electrons. The van der Waals surface area contributed by atoms with Crippen LogP contribution in [0, 0.1) is 18.3 Å². The molecule has 0 heterocycles. The Kier molecular flexibility index (Phi) is 3.93. The third kappa shape index (κ3) is 3.47. The standard InChI is InChI=1S/C13H15NO/c1-10(2)6-7-15-13-8-11(3)4-5-12(13)9-14/h4-5,8H,1,6-7H2,2-3H3. The van der Waals surface area contributed by atoms with Crippen molar-refractivity contribution in [2.75, 3.05) is 6.61 Å². The van der Waals surface area contributed by atoms with Gasteiger partial charge in [0, 0.05) is 6.42 Å². The molecular weight excluding hydrogens is 186 g/mol. The minimum absolute atomic E-state index is 0.577. The van der Waals surface area contributed by atoms with Gasteiger partial charge in [-0.15, -0.1) is 6.58 Å². The van der Waals surface area contributed by atoms with E-state index in [9.17, 15) is 0 Å². The molecule has 0 aliphatic rings. The highest BCUT2D eigenvalue weighted by Crippen LogP contribution is 2.19. The first-order valence-corrected chi connectivity index (χ1v) is 4.91. The van der Waals surface area contributed by atoms with E-state index in [0.717, 1.165) is 17.6 Å². The molecule has 0 bridgehead atoms. The molecule has 0 aromatic heterocycles. The van der Waals surface area contributed by atoms with Crippen LogP contribution in [0.1, 0.15) is 24.5 Å². The fourth-order valence-electron chi connectivity index (χ4n) is 1.18. The molecule has 0 atom stereocenters. The minimum atomic E-state index is 0.577. The topological polar surface area (TPSA) is 33.0 Å². The number of nitriles is 1. The average molecular weight is 201 g/mol. The van der Waals surface area contributed by atoms with E-state index < -0.39 is 0 Å². The van der Waals surface area contributed by atoms with E-state index in [2.05, 4.69) is 12.6 Å². The highest BCUT2D eigenvalue weighted by molar-refractivity contribution is 5.44. The number of hydrogen-bond acceptors (Lipinski definition) is 2. The van der Waals surface area contributed by atoms with Gasteiger partial charge in [-0.05, 0) is 31.5 Å². The van der Waals surface area contributed by atoms with Crippen molar-refractivity contribution in [1.82, 2.24) is 0 Å². The number of rotatable bonds is 4. The van der Waals surface area contributed by atoms with Crippen LogP contribution in [0.25, 0.3) is 0 Å². The largest absolute Gasteiger partial charge is 0.492 e. The molecule has 0 aliphatic heterocycles. The maximum atomic E-state index is 8.87. The molecule has 0 saturated carbocycles. The second-order valence-electron chi connectivity index (χ2n) is 3.67. The van der Waals surface area contributed by atoms with Gasteiger partial charge in [0.25, 0.3) is 0 Å². The lowest BCUT2D eigenvalue weighted by Gasteiger charge is -2.08. The van der Waals surface area contributed by atoms with Gasteiger partial charge in [0.2, 0.25) is 0 Å². The van der Waals surface area contributed by atoms with Crippen molar-refractivity contribution in [3.8, 4) is 11.8 Å². The normalized spacial score (nSPS) is 9.40. The molecule has 1 rings (SSSR count). The molecule has 0 unspecified atom stereocenters. The van der Waals surface area contributed by atoms with Gasteiger partial charge in [0.1, 0.15) is 11.8 Å². The fourth-order valence-corrected chi connectivity index (χ4v) is 1.18. The first-order chi connectivity index (χ1) is 7.13. The van der Waals surface area contributed by atoms with E-state index in [1.54, 1.807) is 6.07 Å². The van der Waals surface area contributed by atoms with Gasteiger partial charge in [0.15, 0.2) is 0 Å². The lowest BCUT2D eigenvalue weighted by molar-refractivity contribution is 0.320. The van der Waals surface area contributed by atoms with Crippen molar-refractivity contribution in [1.29, 1.82) is 5.26 Å². The summed E-state index contributed by atoms with van der Waals surface area (Å²) in [7, 11) is 0. The lowest BCUT2D eigenvalue weighted by atomic mass is 10.1. The summed E-state index contributed by atoms with van der Waals surface area (Å²) >= 11 is 0. The molecular formula is C13H15NO. The molecule has 0 fully saturated rings. The van der Waals surface area contributed by atoms with E-state index in [1.165, 1.54) is 0 Å². The van der Waals surface area contributed by atoms with Crippen LogP contribution in [0.15, 0.2) is 30.4 Å². The zero-order valence-corrected chi connectivity index (χ0v) is 9.21. The predicted molar refractivity (Wildman–Crippen MR) is 60.8 cm³/mol. The Hall–Kier alpha value is -1.75. The highest BCUT2D eigenvalue weighted by Gasteiger charge is 2.02. The molecule has 1 aromatic rings.